The minimum atomic E-state index is 0.419. The second kappa shape index (κ2) is 13.7. The van der Waals surface area contributed by atoms with Crippen molar-refractivity contribution in [2.75, 3.05) is 9.80 Å². The normalized spacial score (nSPS) is 15.0. The highest BCUT2D eigenvalue weighted by atomic mass is 15.1. The number of rotatable bonds is 9. The van der Waals surface area contributed by atoms with E-state index in [9.17, 15) is 0 Å². The molecule has 0 aliphatic heterocycles. The van der Waals surface area contributed by atoms with E-state index >= 15 is 0 Å². The summed E-state index contributed by atoms with van der Waals surface area (Å²) in [5, 5.41) is 0. The van der Waals surface area contributed by atoms with Gasteiger partial charge in [0.15, 0.2) is 0 Å². The molecular weight excluding hydrogens is 556 g/mol. The van der Waals surface area contributed by atoms with E-state index in [1.165, 1.54) is 62.0 Å². The molecule has 2 atom stereocenters. The summed E-state index contributed by atoms with van der Waals surface area (Å²) >= 11 is 0. The predicted molar refractivity (Wildman–Crippen MR) is 198 cm³/mol. The van der Waals surface area contributed by atoms with Gasteiger partial charge in [-0.3, -0.25) is 0 Å². The molecule has 5 aromatic rings. The van der Waals surface area contributed by atoms with Gasteiger partial charge >= 0.3 is 0 Å². The number of allylic oxidation sites excluding steroid dienone is 3. The molecule has 0 fully saturated rings. The first kappa shape index (κ1) is 31.2. The molecule has 0 N–H and O–H groups in total. The number of anilines is 5. The van der Waals surface area contributed by atoms with Crippen LogP contribution in [0.5, 0.6) is 0 Å². The largest absolute Gasteiger partial charge is 0.311 e. The van der Waals surface area contributed by atoms with Gasteiger partial charge in [-0.05, 0) is 124 Å². The third-order valence-corrected chi connectivity index (χ3v) is 9.26. The molecule has 2 nitrogen and oxygen atoms in total. The molecule has 0 bridgehead atoms. The van der Waals surface area contributed by atoms with Crippen LogP contribution in [0.4, 0.5) is 28.4 Å². The molecule has 2 unspecified atom stereocenters. The van der Waals surface area contributed by atoms with Gasteiger partial charge in [-0.1, -0.05) is 109 Å². The van der Waals surface area contributed by atoms with E-state index in [1.807, 2.05) is 0 Å². The van der Waals surface area contributed by atoms with Crippen molar-refractivity contribution in [1.29, 1.82) is 0 Å². The molecule has 5 aromatic carbocycles. The Morgan fingerprint density at radius 3 is 1.15 bits per heavy atom. The third-order valence-electron chi connectivity index (χ3n) is 9.26. The zero-order chi connectivity index (χ0) is 32.2. The van der Waals surface area contributed by atoms with Crippen LogP contribution in [0.3, 0.4) is 0 Å². The Morgan fingerprint density at radius 2 is 0.826 bits per heavy atom. The summed E-state index contributed by atoms with van der Waals surface area (Å²) in [7, 11) is 0. The Hall–Kier alpha value is -4.82. The van der Waals surface area contributed by atoms with Gasteiger partial charge in [0.05, 0.1) is 0 Å². The highest BCUT2D eigenvalue weighted by Gasteiger charge is 2.27. The van der Waals surface area contributed by atoms with Gasteiger partial charge in [-0.2, -0.15) is 0 Å². The summed E-state index contributed by atoms with van der Waals surface area (Å²) in [6.07, 6.45) is 8.23. The zero-order valence-electron chi connectivity index (χ0n) is 28.1. The van der Waals surface area contributed by atoms with Crippen molar-refractivity contribution in [2.45, 2.75) is 53.9 Å². The number of hydrogen-bond donors (Lipinski definition) is 0. The topological polar surface area (TPSA) is 6.48 Å². The summed E-state index contributed by atoms with van der Waals surface area (Å²) in [6.45, 7) is 13.3. The Kier molecular flexibility index (Phi) is 9.26. The van der Waals surface area contributed by atoms with Gasteiger partial charge in [0, 0.05) is 34.1 Å². The van der Waals surface area contributed by atoms with Crippen molar-refractivity contribution in [2.24, 2.45) is 11.8 Å². The summed E-state index contributed by atoms with van der Waals surface area (Å²) in [5.74, 6) is 1.35. The second-order valence-corrected chi connectivity index (χ2v) is 13.3. The average Bonchev–Trinajstić information content (AvgIpc) is 3.06. The quantitative estimate of drug-likeness (QED) is 0.166. The van der Waals surface area contributed by atoms with Gasteiger partial charge < -0.3 is 9.80 Å². The van der Waals surface area contributed by atoms with Crippen LogP contribution in [0.2, 0.25) is 0 Å². The van der Waals surface area contributed by atoms with Gasteiger partial charge in [0.2, 0.25) is 0 Å². The molecule has 0 spiro atoms. The Morgan fingerprint density at radius 1 is 0.478 bits per heavy atom. The average molecular weight is 603 g/mol. The number of aryl methyl sites for hydroxylation is 4. The van der Waals surface area contributed by atoms with E-state index in [4.69, 9.17) is 0 Å². The molecule has 6 rings (SSSR count). The molecular formula is C44H46N2. The van der Waals surface area contributed by atoms with Crippen LogP contribution in [-0.4, -0.2) is 0 Å². The van der Waals surface area contributed by atoms with Crippen molar-refractivity contribution in [1.82, 2.24) is 0 Å². The van der Waals surface area contributed by atoms with E-state index < -0.39 is 0 Å². The number of hydrogen-bond acceptors (Lipinski definition) is 2. The smallest absolute Gasteiger partial charge is 0.0461 e. The molecule has 1 aliphatic carbocycles. The van der Waals surface area contributed by atoms with Crippen molar-refractivity contribution in [3.05, 3.63) is 173 Å². The van der Waals surface area contributed by atoms with Gasteiger partial charge in [0.1, 0.15) is 0 Å². The molecule has 232 valence electrons. The Balaban J connectivity index is 1.27. The standard InChI is InChI=1S/C44H46N2/c1-31(2)44(36-15-27-42(28-16-36)45(38-19-7-32(3)8-20-38)39-21-9-33(4)10-22-39)37-17-29-43(30-18-37)46(40-23-11-34(5)12-24-40)41-25-13-35(6)14-26-41/h7-17,19-31,37,44H,18H2,1-6H3. The maximum atomic E-state index is 2.45. The molecule has 2 heteroatoms. The predicted octanol–water partition coefficient (Wildman–Crippen LogP) is 12.4. The van der Waals surface area contributed by atoms with Crippen LogP contribution in [0, 0.1) is 39.5 Å². The van der Waals surface area contributed by atoms with Crippen LogP contribution >= 0.6 is 0 Å². The van der Waals surface area contributed by atoms with Crippen LogP contribution in [0.15, 0.2) is 145 Å². The molecule has 0 saturated heterocycles. The number of nitrogens with zero attached hydrogens (tertiary/aromatic N) is 2. The van der Waals surface area contributed by atoms with E-state index in [0.29, 0.717) is 17.8 Å². The fourth-order valence-corrected chi connectivity index (χ4v) is 6.70. The zero-order valence-corrected chi connectivity index (χ0v) is 28.1. The first-order valence-corrected chi connectivity index (χ1v) is 16.6. The lowest BCUT2D eigenvalue weighted by Crippen LogP contribution is -2.22. The Bertz CT molecular complexity index is 1700. The number of benzene rings is 5. The summed E-state index contributed by atoms with van der Waals surface area (Å²) in [6, 6.07) is 44.6. The van der Waals surface area contributed by atoms with Crippen molar-refractivity contribution < 1.29 is 0 Å². The molecule has 0 radical (unpaired) electrons. The summed E-state index contributed by atoms with van der Waals surface area (Å²) in [4.78, 5) is 4.74. The van der Waals surface area contributed by atoms with E-state index in [1.54, 1.807) is 0 Å². The molecule has 0 aromatic heterocycles. The van der Waals surface area contributed by atoms with Crippen LogP contribution in [-0.2, 0) is 0 Å². The maximum Gasteiger partial charge on any atom is 0.0461 e. The van der Waals surface area contributed by atoms with Crippen LogP contribution in [0.1, 0.15) is 54.0 Å². The monoisotopic (exact) mass is 602 g/mol. The van der Waals surface area contributed by atoms with E-state index in [2.05, 4.69) is 191 Å². The fourth-order valence-electron chi connectivity index (χ4n) is 6.70. The molecule has 1 aliphatic rings. The SMILES string of the molecule is Cc1ccc(N(C2=CCC(C(c3ccc(N(c4ccc(C)cc4)c4ccc(C)cc4)cc3)C(C)C)C=C2)c2ccc(C)cc2)cc1. The lowest BCUT2D eigenvalue weighted by Gasteiger charge is -2.33. The van der Waals surface area contributed by atoms with Gasteiger partial charge in [-0.25, -0.2) is 0 Å². The van der Waals surface area contributed by atoms with E-state index in [-0.39, 0.29) is 0 Å². The molecule has 0 saturated carbocycles. The summed E-state index contributed by atoms with van der Waals surface area (Å²) < 4.78 is 0. The first-order chi connectivity index (χ1) is 22.3. The van der Waals surface area contributed by atoms with Crippen LogP contribution in [0.25, 0.3) is 0 Å². The van der Waals surface area contributed by atoms with E-state index in [0.717, 1.165) is 6.42 Å². The molecule has 0 heterocycles. The van der Waals surface area contributed by atoms with Crippen molar-refractivity contribution in [3.8, 4) is 0 Å². The van der Waals surface area contributed by atoms with Crippen molar-refractivity contribution in [3.63, 3.8) is 0 Å². The van der Waals surface area contributed by atoms with Gasteiger partial charge in [0.25, 0.3) is 0 Å². The van der Waals surface area contributed by atoms with Gasteiger partial charge in [-0.15, -0.1) is 0 Å². The first-order valence-electron chi connectivity index (χ1n) is 16.6. The minimum Gasteiger partial charge on any atom is -0.311 e. The highest BCUT2D eigenvalue weighted by Crippen LogP contribution is 2.41. The lowest BCUT2D eigenvalue weighted by molar-refractivity contribution is 0.395. The molecule has 0 amide bonds. The summed E-state index contributed by atoms with van der Waals surface area (Å²) in [5.41, 5.74) is 13.6. The minimum absolute atomic E-state index is 0.419. The van der Waals surface area contributed by atoms with Crippen LogP contribution < -0.4 is 9.80 Å². The lowest BCUT2D eigenvalue weighted by atomic mass is 9.75. The fraction of sp³-hybridized carbons (Fsp3) is 0.227. The van der Waals surface area contributed by atoms with Crippen molar-refractivity contribution >= 4 is 28.4 Å². The highest BCUT2D eigenvalue weighted by molar-refractivity contribution is 5.77. The Labute approximate surface area is 276 Å². The second-order valence-electron chi connectivity index (χ2n) is 13.3. The third kappa shape index (κ3) is 6.87. The maximum absolute atomic E-state index is 2.45. The molecule has 46 heavy (non-hydrogen) atoms.